The van der Waals surface area contributed by atoms with Crippen LogP contribution in [0.3, 0.4) is 0 Å². The lowest BCUT2D eigenvalue weighted by molar-refractivity contribution is -0.0135. The molecule has 2 fully saturated rings. The summed E-state index contributed by atoms with van der Waals surface area (Å²) < 4.78 is 22.8. The second-order valence-corrected chi connectivity index (χ2v) is 8.86. The molecular weight excluding hydrogens is 405 g/mol. The number of hydrogen-bond acceptors (Lipinski definition) is 6. The summed E-state index contributed by atoms with van der Waals surface area (Å²) in [6.45, 7) is 2.28. The number of aliphatic hydroxyl groups excluding tert-OH is 2. The van der Waals surface area contributed by atoms with Crippen LogP contribution in [0.2, 0.25) is 0 Å². The Labute approximate surface area is 177 Å². The zero-order chi connectivity index (χ0) is 22.0. The van der Waals surface area contributed by atoms with Crippen LogP contribution in [-0.4, -0.2) is 52.2 Å². The van der Waals surface area contributed by atoms with Gasteiger partial charge in [0, 0.05) is 36.5 Å². The number of aromatic amines is 1. The van der Waals surface area contributed by atoms with Crippen molar-refractivity contribution in [1.82, 2.24) is 9.55 Å². The van der Waals surface area contributed by atoms with Gasteiger partial charge in [-0.15, -0.1) is 0 Å². The number of fused-ring (bicyclic) bond motifs is 2. The number of hydrogen-bond donors (Lipinski definition) is 3. The Kier molecular flexibility index (Phi) is 4.71. The molecule has 0 spiro atoms. The number of aliphatic hydroxyl groups is 2. The van der Waals surface area contributed by atoms with E-state index in [-0.39, 0.29) is 40.3 Å². The zero-order valence-corrected chi connectivity index (χ0v) is 17.5. The minimum absolute atomic E-state index is 0.0527. The Hall–Kier alpha value is -2.65. The predicted molar refractivity (Wildman–Crippen MR) is 113 cm³/mol. The van der Waals surface area contributed by atoms with Crippen molar-refractivity contribution in [2.45, 2.75) is 44.4 Å². The highest BCUT2D eigenvalue weighted by Crippen LogP contribution is 2.46. The molecule has 1 aliphatic heterocycles. The molecule has 31 heavy (non-hydrogen) atoms. The molecule has 166 valence electrons. The van der Waals surface area contributed by atoms with Gasteiger partial charge < -0.3 is 19.8 Å². The molecule has 1 saturated carbocycles. The molecule has 5 rings (SSSR count). The first kappa shape index (κ1) is 20.3. The highest BCUT2D eigenvalue weighted by Gasteiger charge is 2.42. The van der Waals surface area contributed by atoms with Crippen molar-refractivity contribution in [3.63, 3.8) is 0 Å². The van der Waals surface area contributed by atoms with E-state index >= 15 is 4.39 Å². The molecule has 4 atom stereocenters. The van der Waals surface area contributed by atoms with Crippen molar-refractivity contribution in [3.05, 3.63) is 44.4 Å². The number of nitrogens with zero attached hydrogens (tertiary/aromatic N) is 2. The minimum atomic E-state index is -0.923. The molecule has 1 saturated heterocycles. The molecule has 2 aliphatic carbocycles. The third-order valence-electron chi connectivity index (χ3n) is 6.92. The van der Waals surface area contributed by atoms with Crippen molar-refractivity contribution < 1.29 is 19.3 Å². The molecule has 3 aliphatic rings. The summed E-state index contributed by atoms with van der Waals surface area (Å²) in [4.78, 5) is 29.4. The van der Waals surface area contributed by atoms with Crippen LogP contribution in [0, 0.1) is 24.6 Å². The van der Waals surface area contributed by atoms with Crippen molar-refractivity contribution in [2.75, 3.05) is 25.1 Å². The summed E-state index contributed by atoms with van der Waals surface area (Å²) in [6, 6.07) is -0.0527. The molecule has 1 aromatic heterocycles. The van der Waals surface area contributed by atoms with Gasteiger partial charge in [-0.05, 0) is 26.2 Å². The summed E-state index contributed by atoms with van der Waals surface area (Å²) in [5.41, 5.74) is -0.495. The number of anilines is 1. The van der Waals surface area contributed by atoms with Gasteiger partial charge in [0.05, 0.1) is 24.7 Å². The van der Waals surface area contributed by atoms with Gasteiger partial charge in [0.15, 0.2) is 11.6 Å². The smallest absolute Gasteiger partial charge is 0.329 e. The van der Waals surface area contributed by atoms with E-state index < -0.39 is 29.3 Å². The largest absolute Gasteiger partial charge is 0.492 e. The standard InChI is InChI=1S/C22H26FN3O5/c1-10-15-17(26(12-6-7-12)22(30)24-21(15)29)20(31-2)18(16(10)23)25-8-11-4-3-5-14(27)19(28)13(11)9-25/h3-4,11-14,19,27-28H,5-9H2,1-2H3,(H,24,29,30). The fraction of sp³-hybridized carbons (Fsp3) is 0.545. The summed E-state index contributed by atoms with van der Waals surface area (Å²) in [5, 5.41) is 20.9. The lowest BCUT2D eigenvalue weighted by Crippen LogP contribution is -2.36. The van der Waals surface area contributed by atoms with Crippen molar-refractivity contribution in [3.8, 4) is 5.75 Å². The van der Waals surface area contributed by atoms with Gasteiger partial charge in [-0.1, -0.05) is 12.2 Å². The Morgan fingerprint density at radius 2 is 1.97 bits per heavy atom. The van der Waals surface area contributed by atoms with Gasteiger partial charge in [-0.3, -0.25) is 14.3 Å². The summed E-state index contributed by atoms with van der Waals surface area (Å²) >= 11 is 0. The Balaban J connectivity index is 1.73. The second kappa shape index (κ2) is 7.20. The second-order valence-electron chi connectivity index (χ2n) is 8.86. The molecule has 0 amide bonds. The highest BCUT2D eigenvalue weighted by molar-refractivity contribution is 5.93. The first-order chi connectivity index (χ1) is 14.8. The Morgan fingerprint density at radius 1 is 1.23 bits per heavy atom. The average Bonchev–Trinajstić information content (AvgIpc) is 3.49. The van der Waals surface area contributed by atoms with Gasteiger partial charge in [0.2, 0.25) is 0 Å². The number of halogens is 1. The molecule has 4 unspecified atom stereocenters. The van der Waals surface area contributed by atoms with E-state index in [9.17, 15) is 19.8 Å². The van der Waals surface area contributed by atoms with Crippen LogP contribution in [0.1, 0.15) is 30.9 Å². The van der Waals surface area contributed by atoms with Crippen LogP contribution in [0.4, 0.5) is 10.1 Å². The molecular formula is C22H26FN3O5. The molecule has 9 heteroatoms. The van der Waals surface area contributed by atoms with Crippen LogP contribution < -0.4 is 20.9 Å². The third kappa shape index (κ3) is 3.02. The van der Waals surface area contributed by atoms with E-state index in [4.69, 9.17) is 4.74 Å². The lowest BCUT2D eigenvalue weighted by atomic mass is 9.90. The number of methoxy groups -OCH3 is 1. The van der Waals surface area contributed by atoms with Crippen molar-refractivity contribution in [2.24, 2.45) is 11.8 Å². The van der Waals surface area contributed by atoms with E-state index in [1.807, 2.05) is 12.2 Å². The van der Waals surface area contributed by atoms with Crippen LogP contribution in [0.15, 0.2) is 21.7 Å². The fourth-order valence-corrected chi connectivity index (χ4v) is 5.20. The number of ether oxygens (including phenoxy) is 1. The molecule has 2 heterocycles. The molecule has 2 aromatic rings. The van der Waals surface area contributed by atoms with Crippen LogP contribution in [0.25, 0.3) is 10.9 Å². The Bertz CT molecular complexity index is 1200. The Morgan fingerprint density at radius 3 is 2.65 bits per heavy atom. The van der Waals surface area contributed by atoms with E-state index in [1.165, 1.54) is 18.6 Å². The molecule has 1 aromatic carbocycles. The number of rotatable bonds is 3. The normalized spacial score (nSPS) is 28.1. The van der Waals surface area contributed by atoms with Crippen molar-refractivity contribution in [1.29, 1.82) is 0 Å². The van der Waals surface area contributed by atoms with E-state index in [2.05, 4.69) is 4.98 Å². The van der Waals surface area contributed by atoms with Gasteiger partial charge in [-0.25, -0.2) is 9.18 Å². The number of H-pyrrole nitrogens is 1. The third-order valence-corrected chi connectivity index (χ3v) is 6.92. The maximum absolute atomic E-state index is 15.7. The molecule has 8 nitrogen and oxygen atoms in total. The fourth-order valence-electron chi connectivity index (χ4n) is 5.20. The first-order valence-electron chi connectivity index (χ1n) is 10.7. The number of aryl methyl sites for hydroxylation is 1. The van der Waals surface area contributed by atoms with Gasteiger partial charge in [0.1, 0.15) is 11.2 Å². The van der Waals surface area contributed by atoms with E-state index in [1.54, 1.807) is 4.90 Å². The first-order valence-corrected chi connectivity index (χ1v) is 10.7. The minimum Gasteiger partial charge on any atom is -0.492 e. The van der Waals surface area contributed by atoms with Crippen molar-refractivity contribution >= 4 is 16.6 Å². The van der Waals surface area contributed by atoms with Crippen LogP contribution in [0.5, 0.6) is 5.75 Å². The van der Waals surface area contributed by atoms with E-state index in [0.29, 0.717) is 25.0 Å². The monoisotopic (exact) mass is 431 g/mol. The van der Waals surface area contributed by atoms with Gasteiger partial charge in [0.25, 0.3) is 5.56 Å². The average molecular weight is 431 g/mol. The maximum atomic E-state index is 15.7. The highest BCUT2D eigenvalue weighted by atomic mass is 19.1. The van der Waals surface area contributed by atoms with E-state index in [0.717, 1.165) is 12.8 Å². The SMILES string of the molecule is COc1c(N2CC3C=CCC(O)C(O)C3C2)c(F)c(C)c2c(=O)[nH]c(=O)n(C3CC3)c12. The van der Waals surface area contributed by atoms with Crippen LogP contribution >= 0.6 is 0 Å². The number of nitrogens with one attached hydrogen (secondary N) is 1. The topological polar surface area (TPSA) is 108 Å². The van der Waals surface area contributed by atoms with Crippen LogP contribution in [-0.2, 0) is 0 Å². The molecule has 3 N–H and O–H groups in total. The quantitative estimate of drug-likeness (QED) is 0.631. The summed E-state index contributed by atoms with van der Waals surface area (Å²) in [5.74, 6) is -0.745. The molecule has 0 radical (unpaired) electrons. The number of aromatic nitrogens is 2. The maximum Gasteiger partial charge on any atom is 0.329 e. The van der Waals surface area contributed by atoms with Gasteiger partial charge in [-0.2, -0.15) is 0 Å². The predicted octanol–water partition coefficient (Wildman–Crippen LogP) is 1.21. The zero-order valence-electron chi connectivity index (χ0n) is 17.5. The van der Waals surface area contributed by atoms with Gasteiger partial charge >= 0.3 is 5.69 Å². The summed E-state index contributed by atoms with van der Waals surface area (Å²) in [6.07, 6.45) is 4.02. The lowest BCUT2D eigenvalue weighted by Gasteiger charge is -2.26. The molecule has 0 bridgehead atoms. The number of benzene rings is 1. The summed E-state index contributed by atoms with van der Waals surface area (Å²) in [7, 11) is 1.41.